The van der Waals surface area contributed by atoms with E-state index in [1.54, 1.807) is 0 Å². The fourth-order valence-electron chi connectivity index (χ4n) is 2.75. The van der Waals surface area contributed by atoms with Gasteiger partial charge in [-0.15, -0.1) is 0 Å². The molecule has 21 heavy (non-hydrogen) atoms. The van der Waals surface area contributed by atoms with Crippen molar-refractivity contribution in [1.82, 2.24) is 9.55 Å². The molecule has 4 heteroatoms. The zero-order valence-corrected chi connectivity index (χ0v) is 13.1. The Kier molecular flexibility index (Phi) is 3.18. The lowest BCUT2D eigenvalue weighted by Crippen LogP contribution is -2.23. The number of nitrogen functional groups attached to an aromatic ring is 1. The number of halogens is 1. The average molecular weight is 300 g/mol. The maximum atomic E-state index is 6.09. The van der Waals surface area contributed by atoms with Gasteiger partial charge in [-0.2, -0.15) is 0 Å². The number of aromatic nitrogens is 2. The summed E-state index contributed by atoms with van der Waals surface area (Å²) in [5, 5.41) is 0.724. The summed E-state index contributed by atoms with van der Waals surface area (Å²) < 4.78 is 2.11. The van der Waals surface area contributed by atoms with Crippen LogP contribution in [-0.2, 0) is 12.5 Å². The first-order chi connectivity index (χ1) is 9.89. The van der Waals surface area contributed by atoms with E-state index in [1.165, 1.54) is 5.56 Å². The van der Waals surface area contributed by atoms with Gasteiger partial charge in [0.25, 0.3) is 0 Å². The highest BCUT2D eigenvalue weighted by Crippen LogP contribution is 2.33. The summed E-state index contributed by atoms with van der Waals surface area (Å²) in [5.41, 5.74) is 9.52. The van der Waals surface area contributed by atoms with Gasteiger partial charge in [-0.25, -0.2) is 4.98 Å². The molecule has 0 saturated carbocycles. The molecule has 1 aromatic heterocycles. The second kappa shape index (κ2) is 4.78. The Morgan fingerprint density at radius 3 is 2.43 bits per heavy atom. The normalized spacial score (nSPS) is 12.0. The van der Waals surface area contributed by atoms with Crippen LogP contribution in [0.25, 0.3) is 11.0 Å². The van der Waals surface area contributed by atoms with Gasteiger partial charge in [-0.05, 0) is 49.7 Å². The molecule has 1 heterocycles. The van der Waals surface area contributed by atoms with Crippen LogP contribution in [0.3, 0.4) is 0 Å². The van der Waals surface area contributed by atoms with E-state index in [0.29, 0.717) is 0 Å². The summed E-state index contributed by atoms with van der Waals surface area (Å²) in [4.78, 5) is 4.80. The highest BCUT2D eigenvalue weighted by molar-refractivity contribution is 6.31. The third-order valence-electron chi connectivity index (χ3n) is 4.03. The van der Waals surface area contributed by atoms with Crippen LogP contribution in [-0.4, -0.2) is 9.55 Å². The fourth-order valence-corrected chi connectivity index (χ4v) is 2.92. The molecule has 2 aromatic carbocycles. The van der Waals surface area contributed by atoms with Crippen LogP contribution in [0, 0.1) is 0 Å². The first-order valence-corrected chi connectivity index (χ1v) is 7.26. The van der Waals surface area contributed by atoms with Gasteiger partial charge in [0.15, 0.2) is 0 Å². The molecule has 0 aliphatic heterocycles. The molecule has 0 saturated heterocycles. The lowest BCUT2D eigenvalue weighted by atomic mass is 9.83. The van der Waals surface area contributed by atoms with Crippen molar-refractivity contribution in [2.24, 2.45) is 7.05 Å². The van der Waals surface area contributed by atoms with Crippen molar-refractivity contribution in [1.29, 1.82) is 0 Å². The van der Waals surface area contributed by atoms with Crippen molar-refractivity contribution in [2.45, 2.75) is 19.3 Å². The van der Waals surface area contributed by atoms with Crippen LogP contribution in [0.5, 0.6) is 0 Å². The quantitative estimate of drug-likeness (QED) is 0.723. The first-order valence-electron chi connectivity index (χ1n) is 6.88. The van der Waals surface area contributed by atoms with Crippen LogP contribution >= 0.6 is 11.6 Å². The molecular weight excluding hydrogens is 282 g/mol. The van der Waals surface area contributed by atoms with E-state index < -0.39 is 0 Å². The van der Waals surface area contributed by atoms with Crippen LogP contribution in [0.15, 0.2) is 42.5 Å². The molecule has 3 aromatic rings. The van der Waals surface area contributed by atoms with E-state index >= 15 is 0 Å². The second-order valence-corrected chi connectivity index (χ2v) is 6.31. The Labute approximate surface area is 129 Å². The molecule has 0 unspecified atom stereocenters. The first kappa shape index (κ1) is 14.0. The van der Waals surface area contributed by atoms with E-state index in [0.717, 1.165) is 27.6 Å². The van der Waals surface area contributed by atoms with E-state index in [9.17, 15) is 0 Å². The van der Waals surface area contributed by atoms with Gasteiger partial charge in [0, 0.05) is 23.2 Å². The molecule has 2 N–H and O–H groups in total. The van der Waals surface area contributed by atoms with E-state index in [-0.39, 0.29) is 5.41 Å². The Balaban J connectivity index is 2.18. The Morgan fingerprint density at radius 1 is 1.10 bits per heavy atom. The number of hydrogen-bond donors (Lipinski definition) is 1. The minimum atomic E-state index is -0.214. The van der Waals surface area contributed by atoms with Crippen LogP contribution in [0.4, 0.5) is 5.69 Å². The number of benzene rings is 2. The summed E-state index contributed by atoms with van der Waals surface area (Å²) in [6.07, 6.45) is 0. The van der Waals surface area contributed by atoms with Crippen LogP contribution in [0.1, 0.15) is 25.2 Å². The van der Waals surface area contributed by atoms with Gasteiger partial charge in [0.1, 0.15) is 5.82 Å². The molecule has 0 aliphatic rings. The third-order valence-corrected chi connectivity index (χ3v) is 4.27. The summed E-state index contributed by atoms with van der Waals surface area (Å²) >= 11 is 6.09. The largest absolute Gasteiger partial charge is 0.399 e. The summed E-state index contributed by atoms with van der Waals surface area (Å²) in [5.74, 6) is 1.00. The van der Waals surface area contributed by atoms with Crippen LogP contribution < -0.4 is 5.73 Å². The number of anilines is 1. The molecular formula is C17H18ClN3. The average Bonchev–Trinajstić information content (AvgIpc) is 2.77. The summed E-state index contributed by atoms with van der Waals surface area (Å²) in [7, 11) is 2.03. The predicted octanol–water partition coefficient (Wildman–Crippen LogP) is 4.13. The van der Waals surface area contributed by atoms with Crippen molar-refractivity contribution < 1.29 is 0 Å². The molecule has 0 aliphatic carbocycles. The Morgan fingerprint density at radius 2 is 1.76 bits per heavy atom. The fraction of sp³-hybridized carbons (Fsp3) is 0.235. The number of rotatable bonds is 2. The number of fused-ring (bicyclic) bond motifs is 1. The smallest absolute Gasteiger partial charge is 0.119 e. The molecule has 108 valence electrons. The lowest BCUT2D eigenvalue weighted by molar-refractivity contribution is 0.568. The van der Waals surface area contributed by atoms with Crippen molar-refractivity contribution in [3.05, 3.63) is 58.9 Å². The van der Waals surface area contributed by atoms with Crippen molar-refractivity contribution in [3.8, 4) is 0 Å². The number of nitrogens with zero attached hydrogens (tertiary/aromatic N) is 2. The van der Waals surface area contributed by atoms with Crippen molar-refractivity contribution in [3.63, 3.8) is 0 Å². The summed E-state index contributed by atoms with van der Waals surface area (Å²) in [6.45, 7) is 4.34. The van der Waals surface area contributed by atoms with Gasteiger partial charge in [-0.3, -0.25) is 0 Å². The summed E-state index contributed by atoms with van der Waals surface area (Å²) in [6, 6.07) is 13.8. The predicted molar refractivity (Wildman–Crippen MR) is 88.7 cm³/mol. The number of aryl methyl sites for hydroxylation is 1. The topological polar surface area (TPSA) is 43.8 Å². The monoisotopic (exact) mass is 299 g/mol. The molecule has 3 rings (SSSR count). The van der Waals surface area contributed by atoms with E-state index in [1.807, 2.05) is 37.4 Å². The molecule has 0 radical (unpaired) electrons. The molecule has 0 bridgehead atoms. The van der Waals surface area contributed by atoms with Gasteiger partial charge in [0.05, 0.1) is 11.0 Å². The molecule has 0 fully saturated rings. The molecule has 0 spiro atoms. The zero-order valence-electron chi connectivity index (χ0n) is 12.4. The second-order valence-electron chi connectivity index (χ2n) is 5.87. The minimum absolute atomic E-state index is 0.214. The zero-order chi connectivity index (χ0) is 15.2. The van der Waals surface area contributed by atoms with Gasteiger partial charge < -0.3 is 10.3 Å². The third kappa shape index (κ3) is 2.28. The van der Waals surface area contributed by atoms with Crippen molar-refractivity contribution in [2.75, 3.05) is 5.73 Å². The maximum absolute atomic E-state index is 6.09. The van der Waals surface area contributed by atoms with Crippen LogP contribution in [0.2, 0.25) is 5.02 Å². The SMILES string of the molecule is Cn1c(C(C)(C)c2ccc(N)cc2)nc2ccc(Cl)cc21. The number of nitrogens with two attached hydrogens (primary N) is 1. The van der Waals surface area contributed by atoms with Crippen molar-refractivity contribution >= 4 is 28.3 Å². The Hall–Kier alpha value is -2.00. The molecule has 0 amide bonds. The minimum Gasteiger partial charge on any atom is -0.399 e. The van der Waals surface area contributed by atoms with Gasteiger partial charge >= 0.3 is 0 Å². The number of hydrogen-bond acceptors (Lipinski definition) is 2. The lowest BCUT2D eigenvalue weighted by Gasteiger charge is -2.25. The molecule has 3 nitrogen and oxygen atoms in total. The van der Waals surface area contributed by atoms with Gasteiger partial charge in [0.2, 0.25) is 0 Å². The molecule has 0 atom stereocenters. The highest BCUT2D eigenvalue weighted by Gasteiger charge is 2.28. The Bertz CT molecular complexity index is 801. The maximum Gasteiger partial charge on any atom is 0.119 e. The number of imidazole rings is 1. The standard InChI is InChI=1S/C17H18ClN3/c1-17(2,11-4-7-13(19)8-5-11)16-20-14-9-6-12(18)10-15(14)21(16)3/h4-10H,19H2,1-3H3. The van der Waals surface area contributed by atoms with E-state index in [2.05, 4.69) is 30.5 Å². The highest BCUT2D eigenvalue weighted by atomic mass is 35.5. The van der Waals surface area contributed by atoms with E-state index in [4.69, 9.17) is 22.3 Å². The van der Waals surface area contributed by atoms with Gasteiger partial charge in [-0.1, -0.05) is 23.7 Å².